The number of halogens is 1. The van der Waals surface area contributed by atoms with E-state index in [4.69, 9.17) is 5.73 Å². The van der Waals surface area contributed by atoms with E-state index in [-0.39, 0.29) is 5.82 Å². The second-order valence-corrected chi connectivity index (χ2v) is 5.83. The molecule has 94 valence electrons. The number of anilines is 1. The van der Waals surface area contributed by atoms with Crippen molar-refractivity contribution in [2.24, 2.45) is 5.41 Å². The fourth-order valence-electron chi connectivity index (χ4n) is 2.34. The van der Waals surface area contributed by atoms with Crippen molar-refractivity contribution in [3.63, 3.8) is 0 Å². The Balaban J connectivity index is 1.97. The average molecular weight is 236 g/mol. The van der Waals surface area contributed by atoms with Gasteiger partial charge in [-0.15, -0.1) is 0 Å². The number of benzene rings is 1. The van der Waals surface area contributed by atoms with Gasteiger partial charge in [-0.3, -0.25) is 4.90 Å². The number of likely N-dealkylation sites (tertiary alicyclic amines) is 1. The molecule has 1 saturated heterocycles. The molecule has 0 aliphatic carbocycles. The van der Waals surface area contributed by atoms with Crippen LogP contribution in [0.4, 0.5) is 10.1 Å². The van der Waals surface area contributed by atoms with Crippen molar-refractivity contribution in [3.05, 3.63) is 29.6 Å². The summed E-state index contributed by atoms with van der Waals surface area (Å²) in [6.45, 7) is 7.60. The Morgan fingerprint density at radius 3 is 2.47 bits per heavy atom. The van der Waals surface area contributed by atoms with Gasteiger partial charge in [0.2, 0.25) is 0 Å². The third kappa shape index (κ3) is 3.43. The van der Waals surface area contributed by atoms with Gasteiger partial charge < -0.3 is 5.73 Å². The minimum Gasteiger partial charge on any atom is -0.399 e. The number of nitrogens with zero attached hydrogens (tertiary/aromatic N) is 1. The lowest BCUT2D eigenvalue weighted by atomic mass is 9.82. The van der Waals surface area contributed by atoms with Crippen LogP contribution < -0.4 is 5.73 Å². The molecule has 1 aromatic rings. The monoisotopic (exact) mass is 236 g/mol. The van der Waals surface area contributed by atoms with Crippen LogP contribution in [-0.2, 0) is 6.54 Å². The second-order valence-electron chi connectivity index (χ2n) is 5.83. The third-order valence-corrected chi connectivity index (χ3v) is 3.60. The van der Waals surface area contributed by atoms with Crippen molar-refractivity contribution >= 4 is 5.69 Å². The molecule has 1 fully saturated rings. The van der Waals surface area contributed by atoms with Crippen LogP contribution >= 0.6 is 0 Å². The summed E-state index contributed by atoms with van der Waals surface area (Å²) in [5.41, 5.74) is 7.59. The maximum atomic E-state index is 13.2. The van der Waals surface area contributed by atoms with E-state index in [9.17, 15) is 4.39 Å². The van der Waals surface area contributed by atoms with E-state index in [2.05, 4.69) is 18.7 Å². The predicted molar refractivity (Wildman–Crippen MR) is 69.1 cm³/mol. The predicted octanol–water partition coefficient (Wildman–Crippen LogP) is 3.03. The van der Waals surface area contributed by atoms with Crippen molar-refractivity contribution in [2.45, 2.75) is 33.2 Å². The highest BCUT2D eigenvalue weighted by Gasteiger charge is 2.25. The van der Waals surface area contributed by atoms with E-state index in [1.54, 1.807) is 6.07 Å². The van der Waals surface area contributed by atoms with E-state index < -0.39 is 0 Å². The standard InChI is InChI=1S/C14H21FN2/c1-14(2)3-5-17(6-4-14)10-11-7-12(15)9-13(16)8-11/h7-9H,3-6,10,16H2,1-2H3. The van der Waals surface area contributed by atoms with Crippen molar-refractivity contribution < 1.29 is 4.39 Å². The Labute approximate surface area is 103 Å². The Bertz CT molecular complexity index is 371. The summed E-state index contributed by atoms with van der Waals surface area (Å²) in [6.07, 6.45) is 2.41. The molecular weight excluding hydrogens is 215 g/mol. The number of nitrogens with two attached hydrogens (primary N) is 1. The van der Waals surface area contributed by atoms with Gasteiger partial charge in [0.25, 0.3) is 0 Å². The van der Waals surface area contributed by atoms with E-state index >= 15 is 0 Å². The van der Waals surface area contributed by atoms with Crippen molar-refractivity contribution in [2.75, 3.05) is 18.8 Å². The number of rotatable bonds is 2. The number of hydrogen-bond acceptors (Lipinski definition) is 2. The Morgan fingerprint density at radius 1 is 1.24 bits per heavy atom. The first-order chi connectivity index (χ1) is 7.94. The van der Waals surface area contributed by atoms with E-state index in [0.29, 0.717) is 11.1 Å². The van der Waals surface area contributed by atoms with E-state index in [1.807, 2.05) is 6.07 Å². The molecule has 0 saturated carbocycles. The number of nitrogen functional groups attached to an aromatic ring is 1. The van der Waals surface area contributed by atoms with Crippen LogP contribution in [0, 0.1) is 11.2 Å². The minimum atomic E-state index is -0.239. The quantitative estimate of drug-likeness (QED) is 0.800. The van der Waals surface area contributed by atoms with Crippen LogP contribution in [0.15, 0.2) is 18.2 Å². The first-order valence-corrected chi connectivity index (χ1v) is 6.22. The first kappa shape index (κ1) is 12.4. The van der Waals surface area contributed by atoms with E-state index in [1.165, 1.54) is 18.9 Å². The molecule has 1 aliphatic heterocycles. The van der Waals surface area contributed by atoms with Gasteiger partial charge in [-0.25, -0.2) is 4.39 Å². The van der Waals surface area contributed by atoms with Crippen molar-refractivity contribution in [3.8, 4) is 0 Å². The van der Waals surface area contributed by atoms with Gasteiger partial charge in [0.1, 0.15) is 5.82 Å². The molecule has 0 radical (unpaired) electrons. The molecule has 0 bridgehead atoms. The summed E-state index contributed by atoms with van der Waals surface area (Å²) in [5.74, 6) is -0.239. The summed E-state index contributed by atoms with van der Waals surface area (Å²) < 4.78 is 13.2. The fourth-order valence-corrected chi connectivity index (χ4v) is 2.34. The molecule has 3 heteroatoms. The minimum absolute atomic E-state index is 0.239. The maximum absolute atomic E-state index is 13.2. The number of piperidine rings is 1. The van der Waals surface area contributed by atoms with Crippen LogP contribution in [-0.4, -0.2) is 18.0 Å². The van der Waals surface area contributed by atoms with Crippen LogP contribution in [0.25, 0.3) is 0 Å². The number of hydrogen-bond donors (Lipinski definition) is 1. The molecule has 1 aliphatic rings. The van der Waals surface area contributed by atoms with E-state index in [0.717, 1.165) is 25.2 Å². The molecule has 0 amide bonds. The summed E-state index contributed by atoms with van der Waals surface area (Å²) >= 11 is 0. The zero-order valence-electron chi connectivity index (χ0n) is 10.7. The molecule has 17 heavy (non-hydrogen) atoms. The van der Waals surface area contributed by atoms with Crippen LogP contribution in [0.3, 0.4) is 0 Å². The van der Waals surface area contributed by atoms with Crippen LogP contribution in [0.5, 0.6) is 0 Å². The van der Waals surface area contributed by atoms with Gasteiger partial charge in [0, 0.05) is 12.2 Å². The first-order valence-electron chi connectivity index (χ1n) is 6.22. The molecule has 0 aromatic heterocycles. The molecule has 2 rings (SSSR count). The summed E-state index contributed by atoms with van der Waals surface area (Å²) in [5, 5.41) is 0. The summed E-state index contributed by atoms with van der Waals surface area (Å²) in [6, 6.07) is 4.81. The van der Waals surface area contributed by atoms with Crippen LogP contribution in [0.1, 0.15) is 32.3 Å². The topological polar surface area (TPSA) is 29.3 Å². The molecule has 2 N–H and O–H groups in total. The van der Waals surface area contributed by atoms with Gasteiger partial charge in [0.15, 0.2) is 0 Å². The molecular formula is C14H21FN2. The lowest BCUT2D eigenvalue weighted by Crippen LogP contribution is -2.36. The highest BCUT2D eigenvalue weighted by Crippen LogP contribution is 2.30. The molecule has 2 nitrogen and oxygen atoms in total. The fraction of sp³-hybridized carbons (Fsp3) is 0.571. The summed E-state index contributed by atoms with van der Waals surface area (Å²) in [7, 11) is 0. The maximum Gasteiger partial charge on any atom is 0.125 e. The molecule has 0 spiro atoms. The Hall–Kier alpha value is -1.09. The lowest BCUT2D eigenvalue weighted by Gasteiger charge is -2.36. The lowest BCUT2D eigenvalue weighted by molar-refractivity contribution is 0.127. The largest absolute Gasteiger partial charge is 0.399 e. The van der Waals surface area contributed by atoms with Gasteiger partial charge in [-0.05, 0) is 55.1 Å². The normalized spacial score (nSPS) is 20.4. The third-order valence-electron chi connectivity index (χ3n) is 3.60. The Morgan fingerprint density at radius 2 is 1.88 bits per heavy atom. The SMILES string of the molecule is CC1(C)CCN(Cc2cc(N)cc(F)c2)CC1. The zero-order chi connectivity index (χ0) is 12.5. The van der Waals surface area contributed by atoms with Gasteiger partial charge in [-0.1, -0.05) is 13.8 Å². The molecule has 0 atom stereocenters. The Kier molecular flexibility index (Phi) is 3.38. The average Bonchev–Trinajstić information content (AvgIpc) is 2.20. The smallest absolute Gasteiger partial charge is 0.125 e. The molecule has 1 aromatic carbocycles. The van der Waals surface area contributed by atoms with Gasteiger partial charge >= 0.3 is 0 Å². The molecule has 1 heterocycles. The molecule has 0 unspecified atom stereocenters. The highest BCUT2D eigenvalue weighted by atomic mass is 19.1. The zero-order valence-corrected chi connectivity index (χ0v) is 10.7. The summed E-state index contributed by atoms with van der Waals surface area (Å²) in [4.78, 5) is 2.37. The van der Waals surface area contributed by atoms with Crippen LogP contribution in [0.2, 0.25) is 0 Å². The van der Waals surface area contributed by atoms with Gasteiger partial charge in [0.05, 0.1) is 0 Å². The van der Waals surface area contributed by atoms with Crippen molar-refractivity contribution in [1.29, 1.82) is 0 Å². The van der Waals surface area contributed by atoms with Gasteiger partial charge in [-0.2, -0.15) is 0 Å². The van der Waals surface area contributed by atoms with Crippen molar-refractivity contribution in [1.82, 2.24) is 4.90 Å². The second kappa shape index (κ2) is 4.65. The highest BCUT2D eigenvalue weighted by molar-refractivity contribution is 5.41.